The van der Waals surface area contributed by atoms with Crippen molar-refractivity contribution in [3.8, 4) is 0 Å². The van der Waals surface area contributed by atoms with Gasteiger partial charge in [0.25, 0.3) is 0 Å². The summed E-state index contributed by atoms with van der Waals surface area (Å²) in [5.74, 6) is -0.627. The first-order chi connectivity index (χ1) is 7.11. The second-order valence-electron chi connectivity index (χ2n) is 4.29. The van der Waals surface area contributed by atoms with Crippen molar-refractivity contribution in [2.24, 2.45) is 0 Å². The number of rotatable bonds is 3. The Balaban J connectivity index is 2.43. The molecule has 5 heteroatoms. The zero-order valence-corrected chi connectivity index (χ0v) is 8.97. The van der Waals surface area contributed by atoms with E-state index in [2.05, 4.69) is 10.3 Å². The molecule has 0 aliphatic heterocycles. The van der Waals surface area contributed by atoms with Gasteiger partial charge >= 0.3 is 5.97 Å². The number of carbonyl (C=O) groups is 1. The molecule has 1 aliphatic rings. The number of aromatic carboxylic acids is 1. The van der Waals surface area contributed by atoms with Gasteiger partial charge < -0.3 is 5.11 Å². The molecule has 0 amide bonds. The topological polar surface area (TPSA) is 68.0 Å². The minimum absolute atomic E-state index is 0.133. The molecular formula is C10H15N3O2. The maximum Gasteiger partial charge on any atom is 0.358 e. The molecule has 0 saturated heterocycles. The highest BCUT2D eigenvalue weighted by molar-refractivity contribution is 5.86. The van der Waals surface area contributed by atoms with Crippen molar-refractivity contribution in [1.29, 1.82) is 0 Å². The van der Waals surface area contributed by atoms with Crippen molar-refractivity contribution >= 4 is 5.97 Å². The fourth-order valence-corrected chi connectivity index (χ4v) is 1.90. The first-order valence-electron chi connectivity index (χ1n) is 5.29. The maximum absolute atomic E-state index is 11.0. The minimum atomic E-state index is -0.969. The second kappa shape index (κ2) is 3.64. The lowest BCUT2D eigenvalue weighted by Crippen LogP contribution is -2.19. The van der Waals surface area contributed by atoms with Crippen LogP contribution in [0.3, 0.4) is 0 Å². The highest BCUT2D eigenvalue weighted by Gasteiger charge is 2.30. The van der Waals surface area contributed by atoms with E-state index in [0.717, 1.165) is 18.5 Å². The normalized spacial score (nSPS) is 16.7. The van der Waals surface area contributed by atoms with Crippen molar-refractivity contribution in [3.63, 3.8) is 0 Å². The second-order valence-corrected chi connectivity index (χ2v) is 4.29. The predicted molar refractivity (Wildman–Crippen MR) is 54.0 cm³/mol. The Hall–Kier alpha value is -1.39. The molecule has 15 heavy (non-hydrogen) atoms. The zero-order valence-electron chi connectivity index (χ0n) is 8.97. The van der Waals surface area contributed by atoms with E-state index in [4.69, 9.17) is 5.11 Å². The summed E-state index contributed by atoms with van der Waals surface area (Å²) in [6.07, 6.45) is 3.29. The molecule has 0 bridgehead atoms. The van der Waals surface area contributed by atoms with Crippen LogP contribution >= 0.6 is 0 Å². The molecule has 1 saturated carbocycles. The van der Waals surface area contributed by atoms with E-state index in [-0.39, 0.29) is 11.7 Å². The summed E-state index contributed by atoms with van der Waals surface area (Å²) < 4.78 is 1.74. The Morgan fingerprint density at radius 2 is 2.20 bits per heavy atom. The van der Waals surface area contributed by atoms with E-state index in [9.17, 15) is 4.79 Å². The minimum Gasteiger partial charge on any atom is -0.476 e. The van der Waals surface area contributed by atoms with E-state index >= 15 is 0 Å². The van der Waals surface area contributed by atoms with Gasteiger partial charge in [-0.05, 0) is 26.7 Å². The van der Waals surface area contributed by atoms with Gasteiger partial charge in [0.1, 0.15) is 0 Å². The Kier molecular flexibility index (Phi) is 2.46. The van der Waals surface area contributed by atoms with E-state index < -0.39 is 5.97 Å². The van der Waals surface area contributed by atoms with Crippen LogP contribution in [0.4, 0.5) is 0 Å². The van der Waals surface area contributed by atoms with Crippen LogP contribution in [0.25, 0.3) is 0 Å². The molecule has 82 valence electrons. The average Bonchev–Trinajstić information content (AvgIpc) is 2.45. The summed E-state index contributed by atoms with van der Waals surface area (Å²) in [4.78, 5) is 11.0. The largest absolute Gasteiger partial charge is 0.476 e. The third-order valence-corrected chi connectivity index (χ3v) is 2.91. The lowest BCUT2D eigenvalue weighted by atomic mass is 9.82. The highest BCUT2D eigenvalue weighted by Crippen LogP contribution is 2.38. The summed E-state index contributed by atoms with van der Waals surface area (Å²) >= 11 is 0. The summed E-state index contributed by atoms with van der Waals surface area (Å²) in [5, 5.41) is 16.7. The van der Waals surface area contributed by atoms with Gasteiger partial charge in [-0.1, -0.05) is 11.6 Å². The summed E-state index contributed by atoms with van der Waals surface area (Å²) in [5.41, 5.74) is 0.942. The molecule has 1 heterocycles. The van der Waals surface area contributed by atoms with Gasteiger partial charge in [-0.3, -0.25) is 0 Å². The quantitative estimate of drug-likeness (QED) is 0.824. The summed E-state index contributed by atoms with van der Waals surface area (Å²) in [7, 11) is 0. The van der Waals surface area contributed by atoms with Crippen LogP contribution in [0.15, 0.2) is 0 Å². The predicted octanol–water partition coefficient (Wildman–Crippen LogP) is 1.82. The monoisotopic (exact) mass is 209 g/mol. The van der Waals surface area contributed by atoms with Crippen molar-refractivity contribution in [2.45, 2.75) is 45.1 Å². The molecule has 5 nitrogen and oxygen atoms in total. The average molecular weight is 209 g/mol. The number of hydrogen-bond donors (Lipinski definition) is 1. The fraction of sp³-hybridized carbons (Fsp3) is 0.700. The fourth-order valence-electron chi connectivity index (χ4n) is 1.90. The van der Waals surface area contributed by atoms with Crippen LogP contribution < -0.4 is 0 Å². The van der Waals surface area contributed by atoms with Crippen LogP contribution in [0.1, 0.15) is 61.3 Å². The number of carboxylic acid groups (broad SMARTS) is 1. The lowest BCUT2D eigenvalue weighted by molar-refractivity contribution is 0.0687. The van der Waals surface area contributed by atoms with Gasteiger partial charge in [-0.15, -0.1) is 5.10 Å². The smallest absolute Gasteiger partial charge is 0.358 e. The molecule has 1 aliphatic carbocycles. The number of aromatic nitrogens is 3. The maximum atomic E-state index is 11.0. The number of nitrogens with zero attached hydrogens (tertiary/aromatic N) is 3. The van der Waals surface area contributed by atoms with Crippen molar-refractivity contribution in [1.82, 2.24) is 15.0 Å². The first kappa shape index (κ1) is 10.1. The molecular weight excluding hydrogens is 194 g/mol. The molecule has 0 atom stereocenters. The highest BCUT2D eigenvalue weighted by atomic mass is 16.4. The standard InChI is InChI=1S/C10H15N3O2/c1-6(2)13-9(7-4-3-5-7)8(10(14)15)11-12-13/h6-7H,3-5H2,1-2H3,(H,14,15). The zero-order chi connectivity index (χ0) is 11.0. The van der Waals surface area contributed by atoms with Gasteiger partial charge in [0.05, 0.1) is 5.69 Å². The molecule has 1 N–H and O–H groups in total. The van der Waals surface area contributed by atoms with E-state index in [0.29, 0.717) is 5.92 Å². The van der Waals surface area contributed by atoms with Gasteiger partial charge in [-0.25, -0.2) is 9.48 Å². The van der Waals surface area contributed by atoms with Gasteiger partial charge in [-0.2, -0.15) is 0 Å². The Bertz CT molecular complexity index is 380. The molecule has 1 aromatic rings. The van der Waals surface area contributed by atoms with Crippen LogP contribution in [0, 0.1) is 0 Å². The SMILES string of the molecule is CC(C)n1nnc(C(=O)O)c1C1CCC1. The van der Waals surface area contributed by atoms with E-state index in [1.807, 2.05) is 13.8 Å². The number of carboxylic acids is 1. The molecule has 0 spiro atoms. The first-order valence-corrected chi connectivity index (χ1v) is 5.29. The summed E-state index contributed by atoms with van der Waals surface area (Å²) in [6, 6.07) is 0.168. The molecule has 0 aromatic carbocycles. The van der Waals surface area contributed by atoms with Crippen LogP contribution in [-0.4, -0.2) is 26.1 Å². The molecule has 0 radical (unpaired) electrons. The Morgan fingerprint density at radius 1 is 1.53 bits per heavy atom. The summed E-state index contributed by atoms with van der Waals surface area (Å²) in [6.45, 7) is 3.98. The van der Waals surface area contributed by atoms with Crippen LogP contribution in [0.5, 0.6) is 0 Å². The lowest BCUT2D eigenvalue weighted by Gasteiger charge is -2.27. The molecule has 2 rings (SSSR count). The van der Waals surface area contributed by atoms with E-state index in [1.165, 1.54) is 6.42 Å². The Labute approximate surface area is 88.1 Å². The van der Waals surface area contributed by atoms with Crippen molar-refractivity contribution in [3.05, 3.63) is 11.4 Å². The third-order valence-electron chi connectivity index (χ3n) is 2.91. The molecule has 0 unspecified atom stereocenters. The van der Waals surface area contributed by atoms with Gasteiger partial charge in [0.15, 0.2) is 5.69 Å². The third kappa shape index (κ3) is 1.62. The van der Waals surface area contributed by atoms with Gasteiger partial charge in [0.2, 0.25) is 0 Å². The van der Waals surface area contributed by atoms with Gasteiger partial charge in [0, 0.05) is 12.0 Å². The Morgan fingerprint density at radius 3 is 2.60 bits per heavy atom. The van der Waals surface area contributed by atoms with Crippen molar-refractivity contribution in [2.75, 3.05) is 0 Å². The van der Waals surface area contributed by atoms with Crippen molar-refractivity contribution < 1.29 is 9.90 Å². The van der Waals surface area contributed by atoms with E-state index in [1.54, 1.807) is 4.68 Å². The molecule has 1 aromatic heterocycles. The van der Waals surface area contributed by atoms with Crippen LogP contribution in [-0.2, 0) is 0 Å². The number of hydrogen-bond acceptors (Lipinski definition) is 3. The molecule has 1 fully saturated rings. The van der Waals surface area contributed by atoms with Crippen LogP contribution in [0.2, 0.25) is 0 Å².